The number of hydrogen-bond donors (Lipinski definition) is 9. The summed E-state index contributed by atoms with van der Waals surface area (Å²) in [5, 5.41) is 77.8. The van der Waals surface area contributed by atoms with Gasteiger partial charge >= 0.3 is 23.9 Å². The van der Waals surface area contributed by atoms with E-state index in [2.05, 4.69) is 31.4 Å². The number of nitrogens with one attached hydrogen (secondary N) is 2. The predicted octanol–water partition coefficient (Wildman–Crippen LogP) is 0.695. The Hall–Kier alpha value is -3.46. The van der Waals surface area contributed by atoms with Crippen LogP contribution >= 0.6 is 0 Å². The van der Waals surface area contributed by atoms with E-state index in [0.29, 0.717) is 51.6 Å². The van der Waals surface area contributed by atoms with Crippen molar-refractivity contribution in [2.24, 2.45) is 46.3 Å². The van der Waals surface area contributed by atoms with Crippen molar-refractivity contribution < 1.29 is 64.5 Å². The molecule has 4 aliphatic carbocycles. The van der Waals surface area contributed by atoms with Crippen molar-refractivity contribution >= 4 is 35.7 Å². The number of fused-ring (bicyclic) bond motifs is 5. The summed E-state index contributed by atoms with van der Waals surface area (Å²) >= 11 is 0. The van der Waals surface area contributed by atoms with Crippen LogP contribution < -0.4 is 10.6 Å². The largest absolute Gasteiger partial charge is 0.480 e. The molecule has 12 atom stereocenters. The second kappa shape index (κ2) is 23.5. The third-order valence-electron chi connectivity index (χ3n) is 16.6. The summed E-state index contributed by atoms with van der Waals surface area (Å²) in [6.45, 7) is 8.26. The van der Waals surface area contributed by atoms with Crippen LogP contribution in [-0.4, -0.2) is 200 Å². The number of unbranched alkanes of at least 4 members (excludes halogenated alkanes) is 1. The quantitative estimate of drug-likeness (QED) is 0.0807. The van der Waals surface area contributed by atoms with E-state index in [1.807, 2.05) is 4.90 Å². The van der Waals surface area contributed by atoms with Crippen molar-refractivity contribution in [3.8, 4) is 0 Å². The number of carbonyl (C=O) groups is 6. The monoisotopic (exact) mass is 923 g/mol. The molecule has 1 unspecified atom stereocenters. The van der Waals surface area contributed by atoms with Gasteiger partial charge in [-0.15, -0.1) is 0 Å². The number of rotatable bonds is 19. The van der Waals surface area contributed by atoms with Gasteiger partial charge in [0.1, 0.15) is 6.04 Å². The molecule has 5 aliphatic rings. The van der Waals surface area contributed by atoms with Crippen molar-refractivity contribution in [3.05, 3.63) is 0 Å². The van der Waals surface area contributed by atoms with Crippen LogP contribution in [0.15, 0.2) is 0 Å². The van der Waals surface area contributed by atoms with Gasteiger partial charge in [0, 0.05) is 65.3 Å². The summed E-state index contributed by atoms with van der Waals surface area (Å²) in [5.74, 6) is -3.98. The number of carboxylic acids is 4. The molecule has 4 saturated carbocycles. The number of aliphatic hydroxyl groups excluding tert-OH is 3. The van der Waals surface area contributed by atoms with Crippen molar-refractivity contribution in [2.45, 2.75) is 122 Å². The molecule has 5 rings (SSSR count). The molecule has 370 valence electrons. The molecular formula is C46H78N6O13. The van der Waals surface area contributed by atoms with Crippen LogP contribution in [0, 0.1) is 46.3 Å². The molecule has 1 heterocycles. The SMILES string of the molecule is C[C@H](CCC(=O)NC(CCCCNC(=O)CN1CCN(CC(=O)O)CCN(CC(=O)O)CCN(CC(=O)O)CC1)C(=O)O)[C@H]1CC[C@H]2[C@@H]3[C@H](O)C[C@@H]4C[C@H](O)CC[C@]4(C)[C@H]3C[C@H](O)[C@]12C. The van der Waals surface area contributed by atoms with Gasteiger partial charge in [0.2, 0.25) is 11.8 Å². The van der Waals surface area contributed by atoms with Crippen LogP contribution in [0.4, 0.5) is 0 Å². The number of carboxylic acid groups (broad SMARTS) is 4. The van der Waals surface area contributed by atoms with Gasteiger partial charge in [-0.2, -0.15) is 0 Å². The lowest BCUT2D eigenvalue weighted by molar-refractivity contribution is -0.207. The third kappa shape index (κ3) is 13.8. The maximum atomic E-state index is 13.2. The van der Waals surface area contributed by atoms with E-state index in [4.69, 9.17) is 0 Å². The Morgan fingerprint density at radius 3 is 1.71 bits per heavy atom. The first-order valence-corrected chi connectivity index (χ1v) is 24.1. The lowest BCUT2D eigenvalue weighted by atomic mass is 9.43. The second-order valence-electron chi connectivity index (χ2n) is 20.6. The number of hydrogen-bond acceptors (Lipinski definition) is 13. The maximum Gasteiger partial charge on any atom is 0.326 e. The first-order valence-electron chi connectivity index (χ1n) is 24.1. The smallest absolute Gasteiger partial charge is 0.326 e. The van der Waals surface area contributed by atoms with Gasteiger partial charge in [0.15, 0.2) is 0 Å². The van der Waals surface area contributed by atoms with Crippen LogP contribution in [0.1, 0.15) is 97.8 Å². The Balaban J connectivity index is 1.06. The number of nitrogens with zero attached hydrogens (tertiary/aromatic N) is 4. The average molecular weight is 923 g/mol. The third-order valence-corrected chi connectivity index (χ3v) is 16.6. The fourth-order valence-electron chi connectivity index (χ4n) is 13.0. The van der Waals surface area contributed by atoms with E-state index in [-0.39, 0.29) is 144 Å². The molecule has 0 bridgehead atoms. The van der Waals surface area contributed by atoms with Gasteiger partial charge in [0.05, 0.1) is 44.5 Å². The molecule has 0 radical (unpaired) electrons. The molecule has 2 amide bonds. The summed E-state index contributed by atoms with van der Waals surface area (Å²) in [6, 6.07) is -1.10. The van der Waals surface area contributed by atoms with Crippen molar-refractivity contribution in [1.82, 2.24) is 30.2 Å². The molecule has 1 aliphatic heterocycles. The number of aliphatic hydroxyl groups is 3. The van der Waals surface area contributed by atoms with E-state index >= 15 is 0 Å². The van der Waals surface area contributed by atoms with Crippen LogP contribution in [0.3, 0.4) is 0 Å². The van der Waals surface area contributed by atoms with E-state index in [9.17, 15) is 64.5 Å². The lowest BCUT2D eigenvalue weighted by Gasteiger charge is -2.63. The van der Waals surface area contributed by atoms with Crippen LogP contribution in [0.2, 0.25) is 0 Å². The number of aliphatic carboxylic acids is 4. The van der Waals surface area contributed by atoms with Crippen LogP contribution in [0.25, 0.3) is 0 Å². The van der Waals surface area contributed by atoms with E-state index in [1.165, 1.54) is 0 Å². The van der Waals surface area contributed by atoms with Gasteiger partial charge < -0.3 is 46.4 Å². The standard InChI is InChI=1S/C46H78N6O13/c1-29(32-8-9-33-43-34(24-37(55)46(32,33)3)45(2)12-11-31(53)22-30(45)23-36(43)54)7-10-38(56)48-35(44(64)65)6-4-5-13-47-39(57)25-49-14-16-50(26-40(58)59)18-20-52(28-42(62)63)21-19-51(17-15-49)27-41(60)61/h29-37,43,53-55H,4-28H2,1-3H3,(H,47,57)(H,48,56)(H,58,59)(H,60,61)(H,62,63)(H,64,65)/t29-,30+,31-,32-,33+,34+,35?,36-,37+,43+,45+,46-/m1/s1. The molecule has 9 N–H and O–H groups in total. The highest BCUT2D eigenvalue weighted by molar-refractivity contribution is 5.83. The summed E-state index contributed by atoms with van der Waals surface area (Å²) in [5.41, 5.74) is -0.418. The molecule has 0 aromatic heterocycles. The highest BCUT2D eigenvalue weighted by Crippen LogP contribution is 2.68. The van der Waals surface area contributed by atoms with Crippen LogP contribution in [0.5, 0.6) is 0 Å². The highest BCUT2D eigenvalue weighted by atomic mass is 16.4. The first kappa shape index (κ1) is 52.5. The fraction of sp³-hybridized carbons (Fsp3) is 0.870. The summed E-state index contributed by atoms with van der Waals surface area (Å²) in [7, 11) is 0. The molecule has 0 spiro atoms. The lowest BCUT2D eigenvalue weighted by Crippen LogP contribution is -2.62. The average Bonchev–Trinajstić information content (AvgIpc) is 3.58. The molecule has 1 saturated heterocycles. The maximum absolute atomic E-state index is 13.2. The Morgan fingerprint density at radius 1 is 0.646 bits per heavy atom. The molecule has 65 heavy (non-hydrogen) atoms. The summed E-state index contributed by atoms with van der Waals surface area (Å²) in [4.78, 5) is 79.9. The van der Waals surface area contributed by atoms with Crippen molar-refractivity contribution in [2.75, 3.05) is 85.1 Å². The Labute approximate surface area is 383 Å². The Morgan fingerprint density at radius 2 is 1.18 bits per heavy atom. The molecule has 19 nitrogen and oxygen atoms in total. The van der Waals surface area contributed by atoms with E-state index in [1.54, 1.807) is 14.7 Å². The normalized spacial score (nSPS) is 34.1. The van der Waals surface area contributed by atoms with Gasteiger partial charge in [-0.25, -0.2) is 4.79 Å². The summed E-state index contributed by atoms with van der Waals surface area (Å²) < 4.78 is 0. The van der Waals surface area contributed by atoms with Gasteiger partial charge in [-0.05, 0) is 117 Å². The van der Waals surface area contributed by atoms with Crippen molar-refractivity contribution in [1.29, 1.82) is 0 Å². The molecule has 19 heteroatoms. The molecule has 5 fully saturated rings. The Bertz CT molecular complexity index is 1630. The van der Waals surface area contributed by atoms with Crippen molar-refractivity contribution in [3.63, 3.8) is 0 Å². The zero-order chi connectivity index (χ0) is 47.6. The minimum absolute atomic E-state index is 0.0154. The van der Waals surface area contributed by atoms with Crippen LogP contribution in [-0.2, 0) is 28.8 Å². The fourth-order valence-corrected chi connectivity index (χ4v) is 13.0. The molecule has 0 aromatic rings. The molecule has 0 aromatic carbocycles. The first-order chi connectivity index (χ1) is 30.7. The predicted molar refractivity (Wildman–Crippen MR) is 237 cm³/mol. The van der Waals surface area contributed by atoms with Gasteiger partial charge in [-0.3, -0.25) is 43.6 Å². The Kier molecular flexibility index (Phi) is 19.0. The zero-order valence-electron chi connectivity index (χ0n) is 38.8. The number of carbonyl (C=O) groups excluding carboxylic acids is 2. The van der Waals surface area contributed by atoms with E-state index < -0.39 is 47.5 Å². The van der Waals surface area contributed by atoms with Gasteiger partial charge in [0.25, 0.3) is 0 Å². The minimum atomic E-state index is -1.14. The molecular weight excluding hydrogens is 845 g/mol. The highest BCUT2D eigenvalue weighted by Gasteiger charge is 2.65. The summed E-state index contributed by atoms with van der Waals surface area (Å²) in [6.07, 6.45) is 5.89. The number of amides is 2. The van der Waals surface area contributed by atoms with E-state index in [0.717, 1.165) is 25.7 Å². The zero-order valence-corrected chi connectivity index (χ0v) is 38.8. The topological polar surface area (TPSA) is 281 Å². The van der Waals surface area contributed by atoms with Gasteiger partial charge in [-0.1, -0.05) is 20.8 Å². The second-order valence-corrected chi connectivity index (χ2v) is 20.6. The minimum Gasteiger partial charge on any atom is -0.480 e.